The van der Waals surface area contributed by atoms with E-state index in [0.717, 1.165) is 25.7 Å². The third-order valence-electron chi connectivity index (χ3n) is 14.5. The van der Waals surface area contributed by atoms with Gasteiger partial charge in [-0.2, -0.15) is 0 Å². The second-order valence-corrected chi connectivity index (χ2v) is 17.2. The van der Waals surface area contributed by atoms with Crippen LogP contribution in [0.2, 0.25) is 0 Å². The van der Waals surface area contributed by atoms with E-state index in [0.29, 0.717) is 0 Å². The average molecular weight is 718 g/mol. The molecule has 4 aliphatic carbocycles. The number of anilines is 3. The molecule has 56 heavy (non-hydrogen) atoms. The number of fused-ring (bicyclic) bond motifs is 14. The molecule has 2 spiro atoms. The van der Waals surface area contributed by atoms with Crippen LogP contribution in [0.3, 0.4) is 0 Å². The molecule has 1 nitrogen and oxygen atoms in total. The van der Waals surface area contributed by atoms with E-state index < -0.39 is 0 Å². The van der Waals surface area contributed by atoms with Gasteiger partial charge in [0, 0.05) is 32.9 Å². The molecule has 0 atom stereocenters. The number of hydrogen-bond donors (Lipinski definition) is 0. The summed E-state index contributed by atoms with van der Waals surface area (Å²) in [6.07, 6.45) is 4.48. The Morgan fingerprint density at radius 2 is 0.839 bits per heavy atom. The predicted molar refractivity (Wildman–Crippen MR) is 234 cm³/mol. The summed E-state index contributed by atoms with van der Waals surface area (Å²) in [6.45, 7) is 4.77. The third-order valence-corrected chi connectivity index (χ3v) is 14.5. The van der Waals surface area contributed by atoms with Crippen molar-refractivity contribution in [3.05, 3.63) is 209 Å². The molecule has 0 heterocycles. The largest absolute Gasteiger partial charge is 0.309 e. The maximum Gasteiger partial charge on any atom is 0.0543 e. The third kappa shape index (κ3) is 4.10. The Kier molecular flexibility index (Phi) is 6.55. The van der Waals surface area contributed by atoms with Gasteiger partial charge in [0.1, 0.15) is 0 Å². The van der Waals surface area contributed by atoms with Crippen LogP contribution in [-0.4, -0.2) is 0 Å². The summed E-state index contributed by atoms with van der Waals surface area (Å²) >= 11 is 0. The molecule has 0 aromatic heterocycles. The standard InChI is InChI=1S/C55H43N/c1-53(2)44-22-9-8-21-43(44)52-48(53)26-14-28-51(52)56(50-27-13-16-36-15-3-4-17-38(36)50)37-29-30-42-41-20-7-12-25-47(41)55(49(42)35-37)33-31-54(32-34-55)45-23-10-5-18-39(45)40-19-6-11-24-46(40)54/h3-30,35H,31-34H2,1-2H3. The molecular weight excluding hydrogens is 675 g/mol. The summed E-state index contributed by atoms with van der Waals surface area (Å²) < 4.78 is 0. The molecule has 0 bridgehead atoms. The minimum atomic E-state index is -0.0917. The van der Waals surface area contributed by atoms with Gasteiger partial charge >= 0.3 is 0 Å². The molecule has 4 aliphatic rings. The van der Waals surface area contributed by atoms with Crippen LogP contribution < -0.4 is 4.90 Å². The van der Waals surface area contributed by atoms with Gasteiger partial charge in [-0.1, -0.05) is 166 Å². The Labute approximate surface area is 329 Å². The van der Waals surface area contributed by atoms with E-state index in [1.807, 2.05) is 0 Å². The molecule has 0 aliphatic heterocycles. The Morgan fingerprint density at radius 1 is 0.375 bits per heavy atom. The predicted octanol–water partition coefficient (Wildman–Crippen LogP) is 14.4. The van der Waals surface area contributed by atoms with Gasteiger partial charge in [0.2, 0.25) is 0 Å². The van der Waals surface area contributed by atoms with Crippen molar-refractivity contribution in [2.45, 2.75) is 55.8 Å². The number of hydrogen-bond acceptors (Lipinski definition) is 1. The molecule has 1 saturated carbocycles. The molecule has 268 valence electrons. The Morgan fingerprint density at radius 3 is 1.50 bits per heavy atom. The summed E-state index contributed by atoms with van der Waals surface area (Å²) in [7, 11) is 0. The second kappa shape index (κ2) is 11.4. The van der Waals surface area contributed by atoms with E-state index in [1.165, 1.54) is 94.6 Å². The molecule has 0 saturated heterocycles. The fourth-order valence-corrected chi connectivity index (χ4v) is 11.9. The summed E-state index contributed by atoms with van der Waals surface area (Å²) in [4.78, 5) is 2.59. The van der Waals surface area contributed by atoms with Crippen LogP contribution in [0.15, 0.2) is 176 Å². The molecule has 0 amide bonds. The lowest BCUT2D eigenvalue weighted by molar-refractivity contribution is 0.265. The van der Waals surface area contributed by atoms with Crippen LogP contribution in [0.5, 0.6) is 0 Å². The average Bonchev–Trinajstić information content (AvgIpc) is 3.78. The minimum Gasteiger partial charge on any atom is -0.309 e. The van der Waals surface area contributed by atoms with E-state index in [2.05, 4.69) is 195 Å². The molecule has 0 unspecified atom stereocenters. The lowest BCUT2D eigenvalue weighted by Crippen LogP contribution is -2.39. The quantitative estimate of drug-likeness (QED) is 0.176. The molecule has 1 heteroatoms. The van der Waals surface area contributed by atoms with E-state index in [-0.39, 0.29) is 16.2 Å². The fourth-order valence-electron chi connectivity index (χ4n) is 11.9. The molecule has 1 fully saturated rings. The maximum absolute atomic E-state index is 2.59. The summed E-state index contributed by atoms with van der Waals surface area (Å²) in [5.74, 6) is 0. The molecule has 0 radical (unpaired) electrons. The van der Waals surface area contributed by atoms with Crippen LogP contribution >= 0.6 is 0 Å². The minimum absolute atomic E-state index is 0.0491. The zero-order valence-electron chi connectivity index (χ0n) is 32.0. The topological polar surface area (TPSA) is 3.24 Å². The van der Waals surface area contributed by atoms with E-state index in [4.69, 9.17) is 0 Å². The normalized spacial score (nSPS) is 16.9. The number of nitrogens with zero attached hydrogens (tertiary/aromatic N) is 1. The zero-order chi connectivity index (χ0) is 37.2. The maximum atomic E-state index is 2.59. The van der Waals surface area contributed by atoms with Crippen LogP contribution in [0.25, 0.3) is 44.2 Å². The van der Waals surface area contributed by atoms with Gasteiger partial charge in [-0.3, -0.25) is 0 Å². The Bertz CT molecular complexity index is 2870. The highest BCUT2D eigenvalue weighted by molar-refractivity contribution is 6.03. The van der Waals surface area contributed by atoms with Crippen molar-refractivity contribution in [3.8, 4) is 33.4 Å². The Balaban J connectivity index is 1.07. The van der Waals surface area contributed by atoms with Gasteiger partial charge in [0.25, 0.3) is 0 Å². The summed E-state index contributed by atoms with van der Waals surface area (Å²) in [6, 6.07) is 67.0. The second-order valence-electron chi connectivity index (χ2n) is 17.2. The van der Waals surface area contributed by atoms with E-state index >= 15 is 0 Å². The molecular formula is C55H43N. The highest BCUT2D eigenvalue weighted by Crippen LogP contribution is 2.64. The molecule has 8 aromatic carbocycles. The SMILES string of the molecule is CC1(C)c2ccccc2-c2c(N(c3ccc4c(c3)C3(CCC5(CC3)c3ccccc3-c3ccccc35)c3ccccc3-4)c3cccc4ccccc34)cccc21. The van der Waals surface area contributed by atoms with Crippen molar-refractivity contribution < 1.29 is 0 Å². The molecule has 12 rings (SSSR count). The van der Waals surface area contributed by atoms with Gasteiger partial charge < -0.3 is 4.90 Å². The fraction of sp³-hybridized carbons (Fsp3) is 0.164. The summed E-state index contributed by atoms with van der Waals surface area (Å²) in [5.41, 5.74) is 20.8. The number of benzene rings is 8. The van der Waals surface area contributed by atoms with E-state index in [9.17, 15) is 0 Å². The lowest BCUT2D eigenvalue weighted by atomic mass is 9.57. The van der Waals surface area contributed by atoms with Crippen molar-refractivity contribution >= 4 is 27.8 Å². The van der Waals surface area contributed by atoms with Gasteiger partial charge in [-0.25, -0.2) is 0 Å². The van der Waals surface area contributed by atoms with Crippen LogP contribution in [0.4, 0.5) is 17.1 Å². The smallest absolute Gasteiger partial charge is 0.0543 e. The first-order valence-electron chi connectivity index (χ1n) is 20.4. The van der Waals surface area contributed by atoms with E-state index in [1.54, 1.807) is 0 Å². The first kappa shape index (κ1) is 32.1. The Hall–Kier alpha value is -6.18. The molecule has 0 N–H and O–H groups in total. The van der Waals surface area contributed by atoms with Gasteiger partial charge in [0.15, 0.2) is 0 Å². The highest BCUT2D eigenvalue weighted by Gasteiger charge is 2.53. The van der Waals surface area contributed by atoms with Crippen molar-refractivity contribution in [2.24, 2.45) is 0 Å². The zero-order valence-corrected chi connectivity index (χ0v) is 32.0. The van der Waals surface area contributed by atoms with Crippen LogP contribution in [0.1, 0.15) is 72.9 Å². The monoisotopic (exact) mass is 717 g/mol. The number of rotatable bonds is 3. The van der Waals surface area contributed by atoms with Gasteiger partial charge in [-0.15, -0.1) is 0 Å². The van der Waals surface area contributed by atoms with Crippen LogP contribution in [0, 0.1) is 0 Å². The van der Waals surface area contributed by atoms with Crippen molar-refractivity contribution in [1.82, 2.24) is 0 Å². The van der Waals surface area contributed by atoms with Crippen molar-refractivity contribution in [3.63, 3.8) is 0 Å². The summed E-state index contributed by atoms with van der Waals surface area (Å²) in [5, 5.41) is 2.51. The van der Waals surface area contributed by atoms with Gasteiger partial charge in [0.05, 0.1) is 11.4 Å². The highest BCUT2D eigenvalue weighted by atomic mass is 15.1. The van der Waals surface area contributed by atoms with Crippen molar-refractivity contribution in [2.75, 3.05) is 4.90 Å². The lowest BCUT2D eigenvalue weighted by Gasteiger charge is -2.45. The van der Waals surface area contributed by atoms with Gasteiger partial charge in [-0.05, 0) is 117 Å². The van der Waals surface area contributed by atoms with Crippen molar-refractivity contribution in [1.29, 1.82) is 0 Å². The van der Waals surface area contributed by atoms with Crippen LogP contribution in [-0.2, 0) is 16.2 Å². The molecule has 8 aromatic rings. The first-order chi connectivity index (χ1) is 27.5. The first-order valence-corrected chi connectivity index (χ1v) is 20.4.